The Bertz CT molecular complexity index is 357. The molecule has 0 unspecified atom stereocenters. The second-order valence-corrected chi connectivity index (χ2v) is 4.37. The number of aromatic nitrogens is 2. The molecule has 0 spiro atoms. The first kappa shape index (κ1) is 14.0. The maximum atomic E-state index is 5.14. The Balaban J connectivity index is 2.77. The number of aryl methyl sites for hydroxylation is 1. The van der Waals surface area contributed by atoms with Crippen LogP contribution in [0.15, 0.2) is 0 Å². The summed E-state index contributed by atoms with van der Waals surface area (Å²) in [5.41, 5.74) is 3.21. The molecule has 0 bridgehead atoms. The number of ether oxygens (including phenoxy) is 2. The smallest absolute Gasteiger partial charge is 0.173 e. The molecule has 0 aromatic carbocycles. The molecule has 5 nitrogen and oxygen atoms in total. The lowest BCUT2D eigenvalue weighted by Gasteiger charge is -2.15. The van der Waals surface area contributed by atoms with Gasteiger partial charge in [0.15, 0.2) is 6.29 Å². The lowest BCUT2D eigenvalue weighted by atomic mass is 10.3. The summed E-state index contributed by atoms with van der Waals surface area (Å²) in [6.07, 6.45) is -0.240. The van der Waals surface area contributed by atoms with Crippen LogP contribution in [0, 0.1) is 13.8 Å². The van der Waals surface area contributed by atoms with Crippen molar-refractivity contribution < 1.29 is 9.47 Å². The standard InChI is InChI=1S/C12H23N3O2/c1-8(2)15-10(4)12(9(3)14-15)13-7-11(16-5)17-6/h8,11,13H,7H2,1-6H3. The van der Waals surface area contributed by atoms with Gasteiger partial charge in [-0.1, -0.05) is 0 Å². The highest BCUT2D eigenvalue weighted by atomic mass is 16.7. The SMILES string of the molecule is COC(CNc1c(C)nn(C(C)C)c1C)OC. The summed E-state index contributed by atoms with van der Waals surface area (Å²) >= 11 is 0. The topological polar surface area (TPSA) is 48.3 Å². The first-order valence-corrected chi connectivity index (χ1v) is 5.86. The minimum atomic E-state index is -0.240. The molecule has 0 aliphatic carbocycles. The van der Waals surface area contributed by atoms with E-state index in [0.717, 1.165) is 17.1 Å². The third-order valence-electron chi connectivity index (χ3n) is 2.79. The van der Waals surface area contributed by atoms with Crippen LogP contribution in [0.5, 0.6) is 0 Å². The van der Waals surface area contributed by atoms with E-state index in [1.807, 2.05) is 11.6 Å². The largest absolute Gasteiger partial charge is 0.377 e. The number of nitrogens with zero attached hydrogens (tertiary/aromatic N) is 2. The average molecular weight is 241 g/mol. The Hall–Kier alpha value is -1.07. The van der Waals surface area contributed by atoms with E-state index in [1.165, 1.54) is 0 Å². The predicted molar refractivity (Wildman–Crippen MR) is 68.4 cm³/mol. The Morgan fingerprint density at radius 2 is 1.82 bits per heavy atom. The molecule has 0 amide bonds. The van der Waals surface area contributed by atoms with E-state index in [2.05, 4.69) is 31.2 Å². The van der Waals surface area contributed by atoms with Crippen molar-refractivity contribution in [2.24, 2.45) is 0 Å². The maximum Gasteiger partial charge on any atom is 0.173 e. The Morgan fingerprint density at radius 3 is 2.24 bits per heavy atom. The highest BCUT2D eigenvalue weighted by Gasteiger charge is 2.14. The minimum Gasteiger partial charge on any atom is -0.377 e. The molecule has 5 heteroatoms. The monoisotopic (exact) mass is 241 g/mol. The average Bonchev–Trinajstić information content (AvgIpc) is 2.57. The Kier molecular flexibility index (Phi) is 4.96. The highest BCUT2D eigenvalue weighted by molar-refractivity contribution is 5.52. The van der Waals surface area contributed by atoms with Crippen LogP contribution in [-0.2, 0) is 9.47 Å². The second kappa shape index (κ2) is 6.02. The molecule has 0 aliphatic rings. The number of anilines is 1. The van der Waals surface area contributed by atoms with E-state index < -0.39 is 0 Å². The van der Waals surface area contributed by atoms with Crippen molar-refractivity contribution in [1.29, 1.82) is 0 Å². The van der Waals surface area contributed by atoms with Gasteiger partial charge in [-0.05, 0) is 27.7 Å². The maximum absolute atomic E-state index is 5.14. The summed E-state index contributed by atoms with van der Waals surface area (Å²) < 4.78 is 12.3. The summed E-state index contributed by atoms with van der Waals surface area (Å²) in [6, 6.07) is 0.366. The van der Waals surface area contributed by atoms with Crippen molar-refractivity contribution in [3.05, 3.63) is 11.4 Å². The fourth-order valence-electron chi connectivity index (χ4n) is 1.87. The molecule has 98 valence electrons. The van der Waals surface area contributed by atoms with E-state index in [1.54, 1.807) is 14.2 Å². The van der Waals surface area contributed by atoms with E-state index in [9.17, 15) is 0 Å². The van der Waals surface area contributed by atoms with Crippen LogP contribution in [0.2, 0.25) is 0 Å². The molecule has 17 heavy (non-hydrogen) atoms. The van der Waals surface area contributed by atoms with Crippen LogP contribution in [-0.4, -0.2) is 36.8 Å². The fraction of sp³-hybridized carbons (Fsp3) is 0.750. The molecule has 0 atom stereocenters. The van der Waals surface area contributed by atoms with Crippen molar-refractivity contribution in [2.75, 3.05) is 26.1 Å². The number of nitrogens with one attached hydrogen (secondary N) is 1. The van der Waals surface area contributed by atoms with Gasteiger partial charge >= 0.3 is 0 Å². The van der Waals surface area contributed by atoms with Crippen LogP contribution >= 0.6 is 0 Å². The van der Waals surface area contributed by atoms with Crippen molar-refractivity contribution in [3.63, 3.8) is 0 Å². The Labute approximate surface area is 103 Å². The van der Waals surface area contributed by atoms with Crippen LogP contribution in [0.4, 0.5) is 5.69 Å². The summed E-state index contributed by atoms with van der Waals surface area (Å²) in [7, 11) is 3.26. The molecule has 1 aromatic heterocycles. The lowest BCUT2D eigenvalue weighted by Crippen LogP contribution is -2.24. The van der Waals surface area contributed by atoms with Crippen LogP contribution < -0.4 is 5.32 Å². The predicted octanol–water partition coefficient (Wildman–Crippen LogP) is 2.11. The first-order valence-electron chi connectivity index (χ1n) is 5.86. The van der Waals surface area contributed by atoms with Gasteiger partial charge < -0.3 is 14.8 Å². The second-order valence-electron chi connectivity index (χ2n) is 4.37. The van der Waals surface area contributed by atoms with Gasteiger partial charge in [0.05, 0.1) is 23.6 Å². The van der Waals surface area contributed by atoms with Crippen LogP contribution in [0.3, 0.4) is 0 Å². The summed E-state index contributed by atoms with van der Waals surface area (Å²) in [6.45, 7) is 8.92. The van der Waals surface area contributed by atoms with E-state index in [-0.39, 0.29) is 6.29 Å². The molecule has 0 fully saturated rings. The van der Waals surface area contributed by atoms with Gasteiger partial charge in [0.2, 0.25) is 0 Å². The van der Waals surface area contributed by atoms with Gasteiger partial charge in [-0.2, -0.15) is 5.10 Å². The number of rotatable bonds is 6. The van der Waals surface area contributed by atoms with E-state index in [0.29, 0.717) is 12.6 Å². The molecule has 1 heterocycles. The van der Waals surface area contributed by atoms with Gasteiger partial charge in [-0.25, -0.2) is 0 Å². The summed E-state index contributed by atoms with van der Waals surface area (Å²) in [5, 5.41) is 7.84. The third-order valence-corrected chi connectivity index (χ3v) is 2.79. The number of methoxy groups -OCH3 is 2. The normalized spacial score (nSPS) is 11.5. The minimum absolute atomic E-state index is 0.240. The molecule has 0 saturated carbocycles. The van der Waals surface area contributed by atoms with Gasteiger partial charge in [0.25, 0.3) is 0 Å². The van der Waals surface area contributed by atoms with Gasteiger partial charge in [-0.3, -0.25) is 4.68 Å². The molecular formula is C12H23N3O2. The fourth-order valence-corrected chi connectivity index (χ4v) is 1.87. The van der Waals surface area contributed by atoms with E-state index >= 15 is 0 Å². The molecule has 0 saturated heterocycles. The molecule has 1 N–H and O–H groups in total. The quantitative estimate of drug-likeness (QED) is 0.775. The molecular weight excluding hydrogens is 218 g/mol. The Morgan fingerprint density at radius 1 is 1.24 bits per heavy atom. The van der Waals surface area contributed by atoms with E-state index in [4.69, 9.17) is 9.47 Å². The van der Waals surface area contributed by atoms with Crippen molar-refractivity contribution in [3.8, 4) is 0 Å². The third kappa shape index (κ3) is 3.20. The molecule has 0 radical (unpaired) electrons. The summed E-state index contributed by atoms with van der Waals surface area (Å²) in [4.78, 5) is 0. The molecule has 1 rings (SSSR count). The van der Waals surface area contributed by atoms with Gasteiger partial charge in [0.1, 0.15) is 0 Å². The van der Waals surface area contributed by atoms with Crippen molar-refractivity contribution >= 4 is 5.69 Å². The molecule has 1 aromatic rings. The lowest BCUT2D eigenvalue weighted by molar-refractivity contribution is -0.0914. The van der Waals surface area contributed by atoms with Crippen molar-refractivity contribution in [2.45, 2.75) is 40.0 Å². The first-order chi connectivity index (χ1) is 8.01. The molecule has 0 aliphatic heterocycles. The zero-order chi connectivity index (χ0) is 13.0. The van der Waals surface area contributed by atoms with Crippen LogP contribution in [0.1, 0.15) is 31.3 Å². The van der Waals surface area contributed by atoms with Gasteiger partial charge in [-0.15, -0.1) is 0 Å². The zero-order valence-electron chi connectivity index (χ0n) is 11.6. The number of hydrogen-bond donors (Lipinski definition) is 1. The number of hydrogen-bond acceptors (Lipinski definition) is 4. The van der Waals surface area contributed by atoms with Gasteiger partial charge in [0, 0.05) is 20.3 Å². The van der Waals surface area contributed by atoms with Crippen LogP contribution in [0.25, 0.3) is 0 Å². The zero-order valence-corrected chi connectivity index (χ0v) is 11.6. The highest BCUT2D eigenvalue weighted by Crippen LogP contribution is 2.22. The van der Waals surface area contributed by atoms with Crippen molar-refractivity contribution in [1.82, 2.24) is 9.78 Å². The summed E-state index contributed by atoms with van der Waals surface area (Å²) in [5.74, 6) is 0.